The molecule has 0 bridgehead atoms. The third kappa shape index (κ3) is 4.40. The molecule has 1 heterocycles. The second-order valence-corrected chi connectivity index (χ2v) is 3.93. The summed E-state index contributed by atoms with van der Waals surface area (Å²) in [6, 6.07) is 3.74. The summed E-state index contributed by atoms with van der Waals surface area (Å²) in [5.74, 6) is -0.0991. The maximum Gasteiger partial charge on any atom is 0.246 e. The Bertz CT molecular complexity index is 325. The van der Waals surface area contributed by atoms with E-state index in [2.05, 4.69) is 10.3 Å². The maximum absolute atomic E-state index is 11.5. The summed E-state index contributed by atoms with van der Waals surface area (Å²) in [5, 5.41) is 2.86. The molecule has 0 fully saturated rings. The number of rotatable bonds is 5. The van der Waals surface area contributed by atoms with Crippen molar-refractivity contribution in [3.63, 3.8) is 0 Å². The lowest BCUT2D eigenvalue weighted by atomic mass is 10.1. The fourth-order valence-electron chi connectivity index (χ4n) is 1.26. The van der Waals surface area contributed by atoms with Crippen molar-refractivity contribution in [1.82, 2.24) is 10.3 Å². The summed E-state index contributed by atoms with van der Waals surface area (Å²) in [6.45, 7) is 5.84. The molecule has 1 atom stereocenters. The second-order valence-electron chi connectivity index (χ2n) is 3.93. The van der Waals surface area contributed by atoms with E-state index in [4.69, 9.17) is 4.74 Å². The van der Waals surface area contributed by atoms with E-state index >= 15 is 0 Å². The van der Waals surface area contributed by atoms with Crippen molar-refractivity contribution in [1.29, 1.82) is 0 Å². The summed E-state index contributed by atoms with van der Waals surface area (Å²) in [6.07, 6.45) is 3.49. The zero-order valence-corrected chi connectivity index (χ0v) is 9.93. The standard InChI is InChI=1S/C12H18N2O2/c1-9(2)16-8-12(15)14-10(3)11-4-6-13-7-5-11/h4-7,9-10H,8H2,1-3H3,(H,14,15)/t10-/m1/s1. The average molecular weight is 222 g/mol. The molecule has 0 radical (unpaired) electrons. The molecular weight excluding hydrogens is 204 g/mol. The van der Waals surface area contributed by atoms with Gasteiger partial charge in [0.25, 0.3) is 0 Å². The van der Waals surface area contributed by atoms with Crippen molar-refractivity contribution in [2.75, 3.05) is 6.61 Å². The van der Waals surface area contributed by atoms with Gasteiger partial charge in [-0.05, 0) is 38.5 Å². The molecule has 0 spiro atoms. The van der Waals surface area contributed by atoms with Gasteiger partial charge in [-0.15, -0.1) is 0 Å². The molecule has 1 aromatic rings. The van der Waals surface area contributed by atoms with Crippen molar-refractivity contribution in [3.8, 4) is 0 Å². The minimum atomic E-state index is -0.0991. The molecule has 4 nitrogen and oxygen atoms in total. The normalized spacial score (nSPS) is 12.5. The van der Waals surface area contributed by atoms with Crippen molar-refractivity contribution in [2.24, 2.45) is 0 Å². The summed E-state index contributed by atoms with van der Waals surface area (Å²) in [5.41, 5.74) is 1.04. The predicted octanol–water partition coefficient (Wildman–Crippen LogP) is 1.68. The lowest BCUT2D eigenvalue weighted by molar-refractivity contribution is -0.127. The fourth-order valence-corrected chi connectivity index (χ4v) is 1.26. The Morgan fingerprint density at radius 3 is 2.56 bits per heavy atom. The van der Waals surface area contributed by atoms with Crippen LogP contribution >= 0.6 is 0 Å². The highest BCUT2D eigenvalue weighted by Gasteiger charge is 2.09. The van der Waals surface area contributed by atoms with Crippen LogP contribution in [-0.4, -0.2) is 23.6 Å². The van der Waals surface area contributed by atoms with E-state index in [-0.39, 0.29) is 24.7 Å². The number of carbonyl (C=O) groups excluding carboxylic acids is 1. The number of aromatic nitrogens is 1. The van der Waals surface area contributed by atoms with Crippen molar-refractivity contribution >= 4 is 5.91 Å². The number of nitrogens with zero attached hydrogens (tertiary/aromatic N) is 1. The molecule has 1 rings (SSSR count). The van der Waals surface area contributed by atoms with E-state index in [1.54, 1.807) is 12.4 Å². The molecule has 0 aromatic carbocycles. The Balaban J connectivity index is 2.40. The van der Waals surface area contributed by atoms with Crippen LogP contribution in [0.25, 0.3) is 0 Å². The molecule has 88 valence electrons. The van der Waals surface area contributed by atoms with E-state index in [0.717, 1.165) is 5.56 Å². The van der Waals surface area contributed by atoms with Crippen LogP contribution in [0.4, 0.5) is 0 Å². The van der Waals surface area contributed by atoms with Crippen molar-refractivity contribution < 1.29 is 9.53 Å². The van der Waals surface area contributed by atoms with Gasteiger partial charge >= 0.3 is 0 Å². The van der Waals surface area contributed by atoms with Crippen LogP contribution in [0.15, 0.2) is 24.5 Å². The number of hydrogen-bond acceptors (Lipinski definition) is 3. The van der Waals surface area contributed by atoms with E-state index in [1.807, 2.05) is 32.9 Å². The van der Waals surface area contributed by atoms with E-state index < -0.39 is 0 Å². The molecule has 0 unspecified atom stereocenters. The topological polar surface area (TPSA) is 51.2 Å². The number of hydrogen-bond donors (Lipinski definition) is 1. The molecule has 0 saturated heterocycles. The Labute approximate surface area is 96.0 Å². The lowest BCUT2D eigenvalue weighted by Gasteiger charge is -2.14. The molecule has 0 aliphatic rings. The van der Waals surface area contributed by atoms with Gasteiger partial charge in [-0.2, -0.15) is 0 Å². The highest BCUT2D eigenvalue weighted by Crippen LogP contribution is 2.09. The van der Waals surface area contributed by atoms with Crippen LogP contribution in [-0.2, 0) is 9.53 Å². The highest BCUT2D eigenvalue weighted by molar-refractivity contribution is 5.77. The molecule has 4 heteroatoms. The van der Waals surface area contributed by atoms with Gasteiger partial charge in [-0.25, -0.2) is 0 Å². The summed E-state index contributed by atoms with van der Waals surface area (Å²) in [7, 11) is 0. The number of ether oxygens (including phenoxy) is 1. The fraction of sp³-hybridized carbons (Fsp3) is 0.500. The quantitative estimate of drug-likeness (QED) is 0.824. The third-order valence-electron chi connectivity index (χ3n) is 2.13. The van der Waals surface area contributed by atoms with E-state index in [0.29, 0.717) is 0 Å². The van der Waals surface area contributed by atoms with Gasteiger partial charge in [-0.3, -0.25) is 9.78 Å². The van der Waals surface area contributed by atoms with Crippen LogP contribution in [0.3, 0.4) is 0 Å². The Morgan fingerprint density at radius 2 is 2.00 bits per heavy atom. The minimum absolute atomic E-state index is 0.0220. The predicted molar refractivity (Wildman–Crippen MR) is 61.9 cm³/mol. The molecule has 0 aliphatic carbocycles. The third-order valence-corrected chi connectivity index (χ3v) is 2.13. The minimum Gasteiger partial charge on any atom is -0.369 e. The first-order valence-corrected chi connectivity index (χ1v) is 5.40. The van der Waals surface area contributed by atoms with Gasteiger partial charge < -0.3 is 10.1 Å². The van der Waals surface area contributed by atoms with Crippen molar-refractivity contribution in [3.05, 3.63) is 30.1 Å². The maximum atomic E-state index is 11.5. The zero-order valence-electron chi connectivity index (χ0n) is 9.93. The average Bonchev–Trinajstić information content (AvgIpc) is 2.27. The van der Waals surface area contributed by atoms with Crippen molar-refractivity contribution in [2.45, 2.75) is 32.9 Å². The highest BCUT2D eigenvalue weighted by atomic mass is 16.5. The van der Waals surface area contributed by atoms with Crippen LogP contribution in [0.2, 0.25) is 0 Å². The Morgan fingerprint density at radius 1 is 1.38 bits per heavy atom. The molecule has 0 aliphatic heterocycles. The van der Waals surface area contributed by atoms with Gasteiger partial charge in [0.2, 0.25) is 5.91 Å². The lowest BCUT2D eigenvalue weighted by Crippen LogP contribution is -2.31. The number of nitrogens with one attached hydrogen (secondary N) is 1. The first-order valence-electron chi connectivity index (χ1n) is 5.40. The van der Waals surface area contributed by atoms with E-state index in [9.17, 15) is 4.79 Å². The first-order chi connectivity index (χ1) is 7.59. The summed E-state index contributed by atoms with van der Waals surface area (Å²) < 4.78 is 5.22. The van der Waals surface area contributed by atoms with Gasteiger partial charge in [0.15, 0.2) is 0 Å². The molecule has 16 heavy (non-hydrogen) atoms. The van der Waals surface area contributed by atoms with Gasteiger partial charge in [-0.1, -0.05) is 0 Å². The smallest absolute Gasteiger partial charge is 0.246 e. The number of pyridine rings is 1. The second kappa shape index (κ2) is 6.23. The largest absolute Gasteiger partial charge is 0.369 e. The molecule has 0 saturated carbocycles. The van der Waals surface area contributed by atoms with Crippen LogP contribution < -0.4 is 5.32 Å². The SMILES string of the molecule is CC(C)OCC(=O)N[C@H](C)c1ccncc1. The van der Waals surface area contributed by atoms with Crippen LogP contribution in [0.5, 0.6) is 0 Å². The number of amides is 1. The molecule has 1 aromatic heterocycles. The molecule has 1 N–H and O–H groups in total. The van der Waals surface area contributed by atoms with Crippen LogP contribution in [0, 0.1) is 0 Å². The monoisotopic (exact) mass is 222 g/mol. The number of carbonyl (C=O) groups is 1. The Kier molecular flexibility index (Phi) is 4.92. The summed E-state index contributed by atoms with van der Waals surface area (Å²) in [4.78, 5) is 15.4. The van der Waals surface area contributed by atoms with Gasteiger partial charge in [0.1, 0.15) is 6.61 Å². The first kappa shape index (κ1) is 12.6. The molecule has 1 amide bonds. The van der Waals surface area contributed by atoms with Gasteiger partial charge in [0, 0.05) is 12.4 Å². The van der Waals surface area contributed by atoms with Crippen LogP contribution in [0.1, 0.15) is 32.4 Å². The van der Waals surface area contributed by atoms with E-state index in [1.165, 1.54) is 0 Å². The zero-order chi connectivity index (χ0) is 12.0. The molecular formula is C12H18N2O2. The Hall–Kier alpha value is -1.42. The van der Waals surface area contributed by atoms with Gasteiger partial charge in [0.05, 0.1) is 12.1 Å². The summed E-state index contributed by atoms with van der Waals surface area (Å²) >= 11 is 0.